The molecule has 0 spiro atoms. The van der Waals surface area contributed by atoms with Gasteiger partial charge in [0.15, 0.2) is 5.78 Å². The van der Waals surface area contributed by atoms with Crippen molar-refractivity contribution in [3.63, 3.8) is 0 Å². The van der Waals surface area contributed by atoms with Crippen molar-refractivity contribution in [2.24, 2.45) is 39.4 Å². The summed E-state index contributed by atoms with van der Waals surface area (Å²) in [5.74, 6) is 1.88. The molecule has 40 heavy (non-hydrogen) atoms. The second-order valence-corrected chi connectivity index (χ2v) is 16.2. The van der Waals surface area contributed by atoms with E-state index in [-0.39, 0.29) is 51.1 Å². The minimum atomic E-state index is -0.233. The summed E-state index contributed by atoms with van der Waals surface area (Å²) in [6.07, 6.45) is 14.2. The number of allylic oxidation sites excluding steroid dienone is 2. The Morgan fingerprint density at radius 1 is 1.05 bits per heavy atom. The van der Waals surface area contributed by atoms with E-state index in [0.29, 0.717) is 17.4 Å². The van der Waals surface area contributed by atoms with Crippen LogP contribution in [0.2, 0.25) is 0 Å². The summed E-state index contributed by atoms with van der Waals surface area (Å²) in [6, 6.07) is 0. The van der Waals surface area contributed by atoms with Gasteiger partial charge in [-0.1, -0.05) is 64.4 Å². The zero-order valence-electron chi connectivity index (χ0n) is 25.4. The zero-order valence-corrected chi connectivity index (χ0v) is 25.4. The number of carbonyl (C=O) groups is 1. The Morgan fingerprint density at radius 2 is 1.80 bits per heavy atom. The Kier molecular flexibility index (Phi) is 5.29. The molecule has 0 saturated heterocycles. The van der Waals surface area contributed by atoms with Crippen LogP contribution in [0.25, 0.3) is 0 Å². The minimum Gasteiger partial charge on any atom is -0.390 e. The van der Waals surface area contributed by atoms with Crippen molar-refractivity contribution in [3.05, 3.63) is 41.1 Å². The van der Waals surface area contributed by atoms with Crippen molar-refractivity contribution < 1.29 is 14.4 Å². The number of rotatable bonds is 2. The lowest BCUT2D eigenvalue weighted by molar-refractivity contribution is -0.169. The molecular weight excluding hydrogens is 500 g/mol. The largest absolute Gasteiger partial charge is 0.390 e. The number of aliphatic hydroxyl groups excluding tert-OH is 1. The maximum absolute atomic E-state index is 14.7. The molecule has 1 N–H and O–H groups in total. The molecule has 0 aliphatic heterocycles. The van der Waals surface area contributed by atoms with Crippen LogP contribution in [0.4, 0.5) is 0 Å². The third-order valence-electron chi connectivity index (χ3n) is 13.4. The van der Waals surface area contributed by atoms with Crippen LogP contribution in [0.3, 0.4) is 0 Å². The average molecular weight is 547 g/mol. The molecule has 7 atom stereocenters. The summed E-state index contributed by atoms with van der Waals surface area (Å²) >= 11 is 0. The average Bonchev–Trinajstić information content (AvgIpc) is 3.55. The van der Waals surface area contributed by atoms with E-state index in [1.54, 1.807) is 0 Å². The molecule has 7 rings (SSSR count). The molecule has 0 unspecified atom stereocenters. The maximum Gasteiger partial charge on any atom is 0.159 e. The summed E-state index contributed by atoms with van der Waals surface area (Å²) in [5, 5.41) is 22.9. The molecular formula is C33H46N4O3. The van der Waals surface area contributed by atoms with E-state index in [2.05, 4.69) is 74.7 Å². The maximum atomic E-state index is 14.7. The van der Waals surface area contributed by atoms with Crippen molar-refractivity contribution >= 4 is 5.78 Å². The lowest BCUT2D eigenvalue weighted by atomic mass is 9.34. The number of hydrogen-bond donors (Lipinski definition) is 1. The van der Waals surface area contributed by atoms with Gasteiger partial charge in [0.05, 0.1) is 24.5 Å². The van der Waals surface area contributed by atoms with E-state index in [9.17, 15) is 9.90 Å². The van der Waals surface area contributed by atoms with Gasteiger partial charge in [-0.2, -0.15) is 0 Å². The Bertz CT molecular complexity index is 1420. The van der Waals surface area contributed by atoms with E-state index in [0.717, 1.165) is 57.1 Å². The molecule has 5 aliphatic carbocycles. The standard InChI is InChI=1S/C33H46N4O3/c1-28(2)10-12-33(37-18-21(19-38)35-36-37)13-11-32(7)26(22(33)16-28)23(39)14-25-30(5)15-20-17-34-40-27(20)29(3,4)24(30)8-9-31(25,32)6/h14,17-18,22,24,26,38H,8-13,15-16,19H2,1-7H3/t22-,24-,26-,30-,31+,32+,33-/m0/s1. The van der Waals surface area contributed by atoms with Gasteiger partial charge in [-0.15, -0.1) is 5.10 Å². The molecule has 2 heterocycles. The van der Waals surface area contributed by atoms with E-state index >= 15 is 0 Å². The van der Waals surface area contributed by atoms with Gasteiger partial charge in [-0.05, 0) is 90.9 Å². The monoisotopic (exact) mass is 546 g/mol. The zero-order chi connectivity index (χ0) is 28.5. The molecule has 3 fully saturated rings. The lowest BCUT2D eigenvalue weighted by Gasteiger charge is -2.69. The fourth-order valence-electron chi connectivity index (χ4n) is 11.3. The SMILES string of the molecule is CC1(C)CC[C@]2(n3cc(CO)nn3)CC[C@]3(C)[C@H](C(=O)C=C4[C@@]5(C)Cc6cnoc6C(C)(C)[C@@H]5CC[C@]43C)[C@@H]2C1. The first kappa shape index (κ1) is 26.6. The van der Waals surface area contributed by atoms with Crippen molar-refractivity contribution in [2.75, 3.05) is 0 Å². The summed E-state index contributed by atoms with van der Waals surface area (Å²) in [5.41, 5.74) is 2.69. The van der Waals surface area contributed by atoms with Crippen molar-refractivity contribution in [3.8, 4) is 0 Å². The van der Waals surface area contributed by atoms with Crippen LogP contribution < -0.4 is 0 Å². The van der Waals surface area contributed by atoms with Gasteiger partial charge in [0.1, 0.15) is 11.5 Å². The Hall–Kier alpha value is -2.28. The summed E-state index contributed by atoms with van der Waals surface area (Å²) in [7, 11) is 0. The van der Waals surface area contributed by atoms with E-state index in [4.69, 9.17) is 4.52 Å². The molecule has 7 heteroatoms. The van der Waals surface area contributed by atoms with Crippen LogP contribution >= 0.6 is 0 Å². The van der Waals surface area contributed by atoms with Gasteiger partial charge in [0.2, 0.25) is 0 Å². The third-order valence-corrected chi connectivity index (χ3v) is 13.4. The first-order valence-corrected chi connectivity index (χ1v) is 15.5. The molecule has 3 saturated carbocycles. The van der Waals surface area contributed by atoms with E-state index in [1.807, 2.05) is 12.4 Å². The fourth-order valence-corrected chi connectivity index (χ4v) is 11.3. The Balaban J connectivity index is 1.38. The lowest BCUT2D eigenvalue weighted by Crippen LogP contribution is -2.66. The van der Waals surface area contributed by atoms with Gasteiger partial charge >= 0.3 is 0 Å². The predicted octanol–water partition coefficient (Wildman–Crippen LogP) is 6.16. The quantitative estimate of drug-likeness (QED) is 0.485. The van der Waals surface area contributed by atoms with Crippen LogP contribution in [0.15, 0.2) is 28.6 Å². The molecule has 216 valence electrons. The smallest absolute Gasteiger partial charge is 0.159 e. The number of ketones is 1. The van der Waals surface area contributed by atoms with E-state index < -0.39 is 0 Å². The van der Waals surface area contributed by atoms with Crippen molar-refractivity contribution in [2.45, 2.75) is 117 Å². The Morgan fingerprint density at radius 3 is 2.52 bits per heavy atom. The molecule has 0 aromatic carbocycles. The second-order valence-electron chi connectivity index (χ2n) is 16.2. The summed E-state index contributed by atoms with van der Waals surface area (Å²) in [6.45, 7) is 16.6. The number of aromatic nitrogens is 4. The van der Waals surface area contributed by atoms with Crippen LogP contribution in [-0.4, -0.2) is 31.0 Å². The topological polar surface area (TPSA) is 94.0 Å². The molecule has 5 aliphatic rings. The van der Waals surface area contributed by atoms with Gasteiger partial charge in [-0.25, -0.2) is 4.68 Å². The van der Waals surface area contributed by atoms with Gasteiger partial charge in [-0.3, -0.25) is 4.79 Å². The highest BCUT2D eigenvalue weighted by Crippen LogP contribution is 2.74. The molecule has 0 radical (unpaired) electrons. The Labute approximate surface area is 238 Å². The van der Waals surface area contributed by atoms with Crippen molar-refractivity contribution in [1.82, 2.24) is 20.2 Å². The first-order chi connectivity index (χ1) is 18.7. The molecule has 2 aromatic rings. The van der Waals surface area contributed by atoms with Crippen molar-refractivity contribution in [1.29, 1.82) is 0 Å². The summed E-state index contributed by atoms with van der Waals surface area (Å²) < 4.78 is 7.89. The van der Waals surface area contributed by atoms with Gasteiger partial charge in [0, 0.05) is 16.9 Å². The number of carbonyl (C=O) groups excluding carboxylic acids is 1. The molecule has 2 aromatic heterocycles. The van der Waals surface area contributed by atoms with Crippen LogP contribution in [-0.2, 0) is 28.8 Å². The number of hydrogen-bond acceptors (Lipinski definition) is 6. The first-order valence-electron chi connectivity index (χ1n) is 15.5. The number of aliphatic hydroxyl groups is 1. The highest BCUT2D eigenvalue weighted by Gasteiger charge is 2.70. The molecule has 0 amide bonds. The second kappa shape index (κ2) is 7.96. The third kappa shape index (κ3) is 3.11. The predicted molar refractivity (Wildman–Crippen MR) is 151 cm³/mol. The van der Waals surface area contributed by atoms with Crippen LogP contribution in [0.5, 0.6) is 0 Å². The highest BCUT2D eigenvalue weighted by atomic mass is 16.5. The number of fused-ring (bicyclic) bond motifs is 8. The normalized spacial score (nSPS) is 43.0. The van der Waals surface area contributed by atoms with Gasteiger partial charge < -0.3 is 9.63 Å². The van der Waals surface area contributed by atoms with Crippen LogP contribution in [0, 0.1) is 39.4 Å². The van der Waals surface area contributed by atoms with Gasteiger partial charge in [0.25, 0.3) is 0 Å². The van der Waals surface area contributed by atoms with Crippen LogP contribution in [0.1, 0.15) is 110 Å². The van der Waals surface area contributed by atoms with E-state index in [1.165, 1.54) is 11.1 Å². The molecule has 7 nitrogen and oxygen atoms in total. The molecule has 0 bridgehead atoms. The fraction of sp³-hybridized carbons (Fsp3) is 0.758. The highest BCUT2D eigenvalue weighted by molar-refractivity contribution is 5.95. The number of nitrogens with zero attached hydrogens (tertiary/aromatic N) is 4. The summed E-state index contributed by atoms with van der Waals surface area (Å²) in [4.78, 5) is 14.7. The minimum absolute atomic E-state index is 0.0562.